The molecule has 1 saturated heterocycles. The smallest absolute Gasteiger partial charge is 0.277 e. The lowest BCUT2D eigenvalue weighted by atomic mass is 10.0. The Morgan fingerprint density at radius 3 is 2.63 bits per heavy atom. The van der Waals surface area contributed by atoms with E-state index in [1.54, 1.807) is 37.1 Å². The van der Waals surface area contributed by atoms with Crippen LogP contribution in [-0.4, -0.2) is 68.8 Å². The van der Waals surface area contributed by atoms with Crippen molar-refractivity contribution in [2.24, 2.45) is 10.9 Å². The Labute approximate surface area is 240 Å². The molecule has 0 saturated carbocycles. The molecule has 1 atom stereocenters. The molecular formula is C28H28ClF2N7O3. The normalized spacial score (nSPS) is 17.3. The maximum Gasteiger partial charge on any atom is 0.277 e. The molecule has 1 fully saturated rings. The minimum absolute atomic E-state index is 0.0479. The lowest BCUT2D eigenvalue weighted by Gasteiger charge is -2.34. The summed E-state index contributed by atoms with van der Waals surface area (Å²) in [5.41, 5.74) is 1.84. The van der Waals surface area contributed by atoms with Crippen LogP contribution in [0.4, 0.5) is 14.7 Å². The number of carbonyl (C=O) groups is 1. The van der Waals surface area contributed by atoms with Crippen LogP contribution in [0.1, 0.15) is 30.9 Å². The highest BCUT2D eigenvalue weighted by atomic mass is 35.5. The zero-order valence-corrected chi connectivity index (χ0v) is 23.5. The summed E-state index contributed by atoms with van der Waals surface area (Å²) in [6.07, 6.45) is 4.37. The number of aliphatic imine (C=N–C) groups is 1. The first-order valence-corrected chi connectivity index (χ1v) is 13.5. The molecule has 5 rings (SSSR count). The number of pyridine rings is 2. The van der Waals surface area contributed by atoms with Gasteiger partial charge in [-0.1, -0.05) is 18.5 Å². The summed E-state index contributed by atoms with van der Waals surface area (Å²) in [4.78, 5) is 46.5. The summed E-state index contributed by atoms with van der Waals surface area (Å²) in [6.45, 7) is 7.81. The number of rotatable bonds is 6. The van der Waals surface area contributed by atoms with Crippen molar-refractivity contribution in [2.75, 3.05) is 37.6 Å². The summed E-state index contributed by atoms with van der Waals surface area (Å²) < 4.78 is 34.3. The van der Waals surface area contributed by atoms with Crippen LogP contribution in [0.15, 0.2) is 46.5 Å². The van der Waals surface area contributed by atoms with E-state index in [9.17, 15) is 18.4 Å². The molecule has 0 bridgehead atoms. The Balaban J connectivity index is 1.40. The quantitative estimate of drug-likeness (QED) is 0.437. The van der Waals surface area contributed by atoms with Gasteiger partial charge in [-0.15, -0.1) is 0 Å². The first-order valence-electron chi connectivity index (χ1n) is 13.1. The van der Waals surface area contributed by atoms with Crippen LogP contribution >= 0.6 is 11.6 Å². The lowest BCUT2D eigenvalue weighted by Crippen LogP contribution is -2.48. The van der Waals surface area contributed by atoms with Gasteiger partial charge in [-0.25, -0.2) is 18.7 Å². The molecule has 3 aromatic heterocycles. The van der Waals surface area contributed by atoms with Crippen LogP contribution < -0.4 is 15.2 Å². The number of hydrogen-bond donors (Lipinski definition) is 0. The van der Waals surface area contributed by atoms with Crippen LogP contribution in [0.3, 0.4) is 0 Å². The number of amides is 1. The van der Waals surface area contributed by atoms with E-state index in [0.717, 1.165) is 6.20 Å². The van der Waals surface area contributed by atoms with Crippen molar-refractivity contribution in [3.63, 3.8) is 0 Å². The van der Waals surface area contributed by atoms with Gasteiger partial charge >= 0.3 is 0 Å². The van der Waals surface area contributed by atoms with E-state index in [1.165, 1.54) is 4.57 Å². The van der Waals surface area contributed by atoms with Gasteiger partial charge in [0.2, 0.25) is 11.9 Å². The van der Waals surface area contributed by atoms with E-state index < -0.39 is 17.2 Å². The van der Waals surface area contributed by atoms with Gasteiger partial charge in [0.1, 0.15) is 28.9 Å². The van der Waals surface area contributed by atoms with E-state index in [2.05, 4.69) is 9.97 Å². The standard InChI is InChI=1S/C28H28ClF2N7O3/c1-16-13-33-22(21-4-5-32-28(35-21)37-8-6-36(7-9-37)18(3)39)12-24(16)38-17(2)10-25(26(29)27(38)40)41-15-23-20(31)11-19(30)14-34-23/h4-5,10-12,14,16H,6-9,13,15H2,1-3H3/t16-/m0/s1. The molecule has 0 aliphatic carbocycles. The van der Waals surface area contributed by atoms with E-state index in [0.29, 0.717) is 67.5 Å². The van der Waals surface area contributed by atoms with Crippen molar-refractivity contribution in [3.8, 4) is 5.75 Å². The van der Waals surface area contributed by atoms with Crippen molar-refractivity contribution in [1.29, 1.82) is 0 Å². The maximum atomic E-state index is 14.0. The molecule has 2 aliphatic rings. The molecule has 10 nitrogen and oxygen atoms in total. The number of hydrogen-bond acceptors (Lipinski definition) is 8. The zero-order valence-electron chi connectivity index (χ0n) is 22.8. The maximum absolute atomic E-state index is 14.0. The summed E-state index contributed by atoms with van der Waals surface area (Å²) in [6, 6.07) is 4.07. The van der Waals surface area contributed by atoms with Crippen LogP contribution in [0.2, 0.25) is 5.02 Å². The second-order valence-corrected chi connectivity index (χ2v) is 10.3. The number of halogens is 3. The Hall–Kier alpha value is -4.19. The first kappa shape index (κ1) is 28.3. The third-order valence-corrected chi connectivity index (χ3v) is 7.39. The third-order valence-electron chi connectivity index (χ3n) is 7.04. The van der Waals surface area contributed by atoms with Gasteiger partial charge in [0.15, 0.2) is 5.82 Å². The Morgan fingerprint density at radius 2 is 1.93 bits per heavy atom. The number of carbonyl (C=O) groups excluding carboxylic acids is 1. The largest absolute Gasteiger partial charge is 0.485 e. The van der Waals surface area contributed by atoms with Crippen molar-refractivity contribution >= 4 is 34.9 Å². The van der Waals surface area contributed by atoms with Crippen LogP contribution in [0, 0.1) is 24.5 Å². The SMILES string of the molecule is CC(=O)N1CCN(c2nccc(C3=NC[C@H](C)C(n4c(C)cc(OCc5ncc(F)cc5F)c(Cl)c4=O)=C3)n2)CC1. The summed E-state index contributed by atoms with van der Waals surface area (Å²) in [5, 5.41) is -0.177. The third kappa shape index (κ3) is 5.97. The van der Waals surface area contributed by atoms with Gasteiger partial charge in [0.25, 0.3) is 5.56 Å². The number of aryl methyl sites for hydroxylation is 1. The number of anilines is 1. The highest BCUT2D eigenvalue weighted by molar-refractivity contribution is 6.31. The van der Waals surface area contributed by atoms with Gasteiger partial charge in [0.05, 0.1) is 17.6 Å². The monoisotopic (exact) mass is 583 g/mol. The lowest BCUT2D eigenvalue weighted by molar-refractivity contribution is -0.129. The minimum Gasteiger partial charge on any atom is -0.485 e. The van der Waals surface area contributed by atoms with E-state index >= 15 is 0 Å². The highest BCUT2D eigenvalue weighted by Crippen LogP contribution is 2.28. The fourth-order valence-electron chi connectivity index (χ4n) is 4.76. The fourth-order valence-corrected chi connectivity index (χ4v) is 4.96. The molecule has 5 heterocycles. The Bertz CT molecular complexity index is 1620. The summed E-state index contributed by atoms with van der Waals surface area (Å²) >= 11 is 6.42. The topological polar surface area (TPSA) is 106 Å². The van der Waals surface area contributed by atoms with Crippen molar-refractivity contribution in [3.05, 3.63) is 80.8 Å². The summed E-state index contributed by atoms with van der Waals surface area (Å²) in [7, 11) is 0. The average Bonchev–Trinajstić information content (AvgIpc) is 2.96. The molecule has 13 heteroatoms. The van der Waals surface area contributed by atoms with Crippen LogP contribution in [0.5, 0.6) is 5.75 Å². The molecule has 0 N–H and O–H groups in total. The second kappa shape index (κ2) is 11.7. The molecule has 1 amide bonds. The Kier molecular flexibility index (Phi) is 8.11. The second-order valence-electron chi connectivity index (χ2n) is 9.91. The predicted octanol–water partition coefficient (Wildman–Crippen LogP) is 3.50. The molecule has 0 spiro atoms. The van der Waals surface area contributed by atoms with Gasteiger partial charge < -0.3 is 14.5 Å². The Morgan fingerprint density at radius 1 is 1.17 bits per heavy atom. The number of ether oxygens (including phenoxy) is 1. The number of nitrogens with zero attached hydrogens (tertiary/aromatic N) is 7. The molecule has 3 aromatic rings. The van der Waals surface area contributed by atoms with Crippen LogP contribution in [0.25, 0.3) is 5.70 Å². The van der Waals surface area contributed by atoms with Gasteiger partial charge in [0, 0.05) is 75.3 Å². The van der Waals surface area contributed by atoms with E-state index in [-0.39, 0.29) is 34.9 Å². The van der Waals surface area contributed by atoms with Crippen molar-refractivity contribution in [1.82, 2.24) is 24.4 Å². The van der Waals surface area contributed by atoms with Crippen molar-refractivity contribution < 1.29 is 18.3 Å². The van der Waals surface area contributed by atoms with E-state index in [1.807, 2.05) is 17.9 Å². The predicted molar refractivity (Wildman–Crippen MR) is 150 cm³/mol. The number of allylic oxidation sites excluding steroid dienone is 1. The molecule has 0 unspecified atom stereocenters. The van der Waals surface area contributed by atoms with E-state index in [4.69, 9.17) is 26.3 Å². The molecule has 214 valence electrons. The van der Waals surface area contributed by atoms with Gasteiger partial charge in [-0.3, -0.25) is 24.1 Å². The van der Waals surface area contributed by atoms with Crippen LogP contribution in [-0.2, 0) is 11.4 Å². The first-order chi connectivity index (χ1) is 19.6. The number of piperazine rings is 1. The van der Waals surface area contributed by atoms with Gasteiger partial charge in [-0.05, 0) is 19.1 Å². The number of aromatic nitrogens is 4. The fraction of sp³-hybridized carbons (Fsp3) is 0.357. The average molecular weight is 584 g/mol. The molecule has 0 radical (unpaired) electrons. The molecule has 2 aliphatic heterocycles. The summed E-state index contributed by atoms with van der Waals surface area (Å²) in [5.74, 6) is -1.09. The number of dihydropyridines is 1. The minimum atomic E-state index is -0.856. The molecular weight excluding hydrogens is 556 g/mol. The molecule has 0 aromatic carbocycles. The molecule has 41 heavy (non-hydrogen) atoms. The zero-order chi connectivity index (χ0) is 29.3. The highest BCUT2D eigenvalue weighted by Gasteiger charge is 2.25. The van der Waals surface area contributed by atoms with Gasteiger partial charge in [-0.2, -0.15) is 0 Å². The van der Waals surface area contributed by atoms with Crippen molar-refractivity contribution in [2.45, 2.75) is 27.4 Å².